The van der Waals surface area contributed by atoms with E-state index < -0.39 is 0 Å². The summed E-state index contributed by atoms with van der Waals surface area (Å²) in [5, 5.41) is 8.60. The Balaban J connectivity index is 2.48. The maximum atomic E-state index is 8.60. The highest BCUT2D eigenvalue weighted by molar-refractivity contribution is 5.33. The van der Waals surface area contributed by atoms with Gasteiger partial charge in [-0.15, -0.1) is 0 Å². The average Bonchev–Trinajstić information content (AvgIpc) is 2.15. The van der Waals surface area contributed by atoms with Gasteiger partial charge < -0.3 is 10.0 Å². The smallest absolute Gasteiger partial charge is 0.146 e. The van der Waals surface area contributed by atoms with Crippen LogP contribution in [0.25, 0.3) is 0 Å². The average molecular weight is 167 g/mol. The molecule has 0 atom stereocenters. The van der Waals surface area contributed by atoms with Crippen LogP contribution in [0.3, 0.4) is 0 Å². The van der Waals surface area contributed by atoms with E-state index in [2.05, 4.69) is 9.97 Å². The Bertz CT molecular complexity index is 215. The third-order valence-corrected chi connectivity index (χ3v) is 1.59. The molecule has 4 heteroatoms. The molecule has 0 bridgehead atoms. The highest BCUT2D eigenvalue weighted by Gasteiger charge is 1.99. The van der Waals surface area contributed by atoms with Crippen LogP contribution in [0.1, 0.15) is 6.42 Å². The lowest BCUT2D eigenvalue weighted by Gasteiger charge is -2.16. The number of aliphatic hydroxyl groups excluding tert-OH is 1. The molecule has 0 unspecified atom stereocenters. The Morgan fingerprint density at radius 3 is 2.92 bits per heavy atom. The summed E-state index contributed by atoms with van der Waals surface area (Å²) in [4.78, 5) is 10.0. The number of rotatable bonds is 4. The van der Waals surface area contributed by atoms with E-state index in [-0.39, 0.29) is 6.61 Å². The summed E-state index contributed by atoms with van der Waals surface area (Å²) in [6.45, 7) is 1.01. The lowest BCUT2D eigenvalue weighted by atomic mass is 10.4. The Morgan fingerprint density at radius 2 is 2.33 bits per heavy atom. The number of hydrogen-bond acceptors (Lipinski definition) is 4. The van der Waals surface area contributed by atoms with Gasteiger partial charge in [-0.1, -0.05) is 0 Å². The zero-order chi connectivity index (χ0) is 8.81. The predicted octanol–water partition coefficient (Wildman–Crippen LogP) is 0.295. The van der Waals surface area contributed by atoms with Crippen molar-refractivity contribution in [2.45, 2.75) is 6.42 Å². The molecule has 0 aliphatic heterocycles. The maximum Gasteiger partial charge on any atom is 0.146 e. The molecule has 4 nitrogen and oxygen atoms in total. The van der Waals surface area contributed by atoms with Crippen LogP contribution >= 0.6 is 0 Å². The quantitative estimate of drug-likeness (QED) is 0.700. The lowest BCUT2D eigenvalue weighted by Crippen LogP contribution is -2.20. The Labute approximate surface area is 71.9 Å². The number of aromatic nitrogens is 2. The highest BCUT2D eigenvalue weighted by Crippen LogP contribution is 2.04. The van der Waals surface area contributed by atoms with Gasteiger partial charge in [0, 0.05) is 32.6 Å². The molecule has 12 heavy (non-hydrogen) atoms. The first-order valence-electron chi connectivity index (χ1n) is 3.92. The van der Waals surface area contributed by atoms with Crippen LogP contribution in [0.4, 0.5) is 5.82 Å². The second-order valence-electron chi connectivity index (χ2n) is 2.56. The van der Waals surface area contributed by atoms with Crippen LogP contribution in [0.2, 0.25) is 0 Å². The summed E-state index contributed by atoms with van der Waals surface area (Å²) in [7, 11) is 1.93. The topological polar surface area (TPSA) is 49.2 Å². The maximum absolute atomic E-state index is 8.60. The molecule has 0 radical (unpaired) electrons. The second-order valence-corrected chi connectivity index (χ2v) is 2.56. The Hall–Kier alpha value is -1.16. The van der Waals surface area contributed by atoms with Crippen molar-refractivity contribution in [2.24, 2.45) is 0 Å². The largest absolute Gasteiger partial charge is 0.396 e. The van der Waals surface area contributed by atoms with Crippen molar-refractivity contribution in [3.05, 3.63) is 18.6 Å². The molecule has 0 spiro atoms. The Morgan fingerprint density at radius 1 is 1.50 bits per heavy atom. The van der Waals surface area contributed by atoms with Crippen molar-refractivity contribution in [3.63, 3.8) is 0 Å². The van der Waals surface area contributed by atoms with E-state index in [0.29, 0.717) is 0 Å². The first-order chi connectivity index (χ1) is 5.84. The molecule has 1 N–H and O–H groups in total. The second kappa shape index (κ2) is 4.66. The molecule has 66 valence electrons. The predicted molar refractivity (Wildman–Crippen MR) is 47.0 cm³/mol. The van der Waals surface area contributed by atoms with E-state index in [4.69, 9.17) is 5.11 Å². The van der Waals surface area contributed by atoms with Gasteiger partial charge in [0.05, 0.1) is 6.20 Å². The number of hydrogen-bond donors (Lipinski definition) is 1. The highest BCUT2D eigenvalue weighted by atomic mass is 16.3. The normalized spacial score (nSPS) is 9.83. The molecule has 1 heterocycles. The van der Waals surface area contributed by atoms with E-state index in [1.165, 1.54) is 0 Å². The third-order valence-electron chi connectivity index (χ3n) is 1.59. The SMILES string of the molecule is CN(CCCO)c1cnccn1. The summed E-state index contributed by atoms with van der Waals surface area (Å²) in [5.41, 5.74) is 0. The van der Waals surface area contributed by atoms with Crippen LogP contribution < -0.4 is 4.90 Å². The molecule has 0 amide bonds. The van der Waals surface area contributed by atoms with Gasteiger partial charge >= 0.3 is 0 Å². The zero-order valence-corrected chi connectivity index (χ0v) is 7.14. The van der Waals surface area contributed by atoms with Crippen LogP contribution in [0, 0.1) is 0 Å². The minimum Gasteiger partial charge on any atom is -0.396 e. The molecule has 0 saturated carbocycles. The van der Waals surface area contributed by atoms with Gasteiger partial charge in [-0.2, -0.15) is 0 Å². The van der Waals surface area contributed by atoms with Gasteiger partial charge in [0.25, 0.3) is 0 Å². The van der Waals surface area contributed by atoms with E-state index >= 15 is 0 Å². The van der Waals surface area contributed by atoms with Gasteiger partial charge in [0.15, 0.2) is 0 Å². The summed E-state index contributed by atoms with van der Waals surface area (Å²) in [6, 6.07) is 0. The van der Waals surface area contributed by atoms with E-state index in [9.17, 15) is 0 Å². The third kappa shape index (κ3) is 2.47. The first-order valence-corrected chi connectivity index (χ1v) is 3.92. The molecule has 0 saturated heterocycles. The lowest BCUT2D eigenvalue weighted by molar-refractivity contribution is 0.290. The van der Waals surface area contributed by atoms with E-state index in [0.717, 1.165) is 18.8 Å². The van der Waals surface area contributed by atoms with Crippen molar-refractivity contribution >= 4 is 5.82 Å². The van der Waals surface area contributed by atoms with Crippen molar-refractivity contribution in [1.29, 1.82) is 0 Å². The fourth-order valence-electron chi connectivity index (χ4n) is 0.911. The fourth-order valence-corrected chi connectivity index (χ4v) is 0.911. The van der Waals surface area contributed by atoms with Crippen molar-refractivity contribution < 1.29 is 5.11 Å². The van der Waals surface area contributed by atoms with Crippen LogP contribution in [0.5, 0.6) is 0 Å². The van der Waals surface area contributed by atoms with Crippen LogP contribution in [-0.2, 0) is 0 Å². The summed E-state index contributed by atoms with van der Waals surface area (Å²) in [6.07, 6.45) is 5.76. The zero-order valence-electron chi connectivity index (χ0n) is 7.14. The Kier molecular flexibility index (Phi) is 3.47. The van der Waals surface area contributed by atoms with Gasteiger partial charge in [-0.25, -0.2) is 4.98 Å². The van der Waals surface area contributed by atoms with Crippen molar-refractivity contribution in [1.82, 2.24) is 9.97 Å². The van der Waals surface area contributed by atoms with E-state index in [1.54, 1.807) is 18.6 Å². The van der Waals surface area contributed by atoms with Crippen molar-refractivity contribution in [3.8, 4) is 0 Å². The summed E-state index contributed by atoms with van der Waals surface area (Å²) < 4.78 is 0. The molecule has 1 aromatic rings. The minimum atomic E-state index is 0.213. The standard InChI is InChI=1S/C8H13N3O/c1-11(5-2-6-12)8-7-9-3-4-10-8/h3-4,7,12H,2,5-6H2,1H3. The van der Waals surface area contributed by atoms with Crippen LogP contribution in [0.15, 0.2) is 18.6 Å². The fraction of sp³-hybridized carbons (Fsp3) is 0.500. The monoisotopic (exact) mass is 167 g/mol. The summed E-state index contributed by atoms with van der Waals surface area (Å²) >= 11 is 0. The molecule has 1 rings (SSSR count). The number of nitrogens with zero attached hydrogens (tertiary/aromatic N) is 3. The molecular weight excluding hydrogens is 154 g/mol. The van der Waals surface area contributed by atoms with Gasteiger partial charge in [0.1, 0.15) is 5.82 Å². The van der Waals surface area contributed by atoms with Gasteiger partial charge in [-0.3, -0.25) is 4.98 Å². The molecule has 1 aromatic heterocycles. The molecule has 0 aromatic carbocycles. The number of aliphatic hydroxyl groups is 1. The van der Waals surface area contributed by atoms with E-state index in [1.807, 2.05) is 11.9 Å². The molecule has 0 fully saturated rings. The molecule has 0 aliphatic rings. The summed E-state index contributed by atoms with van der Waals surface area (Å²) in [5.74, 6) is 0.839. The minimum absolute atomic E-state index is 0.213. The first kappa shape index (κ1) is 8.93. The van der Waals surface area contributed by atoms with Gasteiger partial charge in [-0.05, 0) is 6.42 Å². The molecular formula is C8H13N3O. The van der Waals surface area contributed by atoms with Gasteiger partial charge in [0.2, 0.25) is 0 Å². The molecule has 0 aliphatic carbocycles. The van der Waals surface area contributed by atoms with Crippen LogP contribution in [-0.4, -0.2) is 35.3 Å². The van der Waals surface area contributed by atoms with Crippen molar-refractivity contribution in [2.75, 3.05) is 25.1 Å². The number of anilines is 1.